The second-order valence-corrected chi connectivity index (χ2v) is 4.90. The quantitative estimate of drug-likeness (QED) is 0.650. The fourth-order valence-electron chi connectivity index (χ4n) is 1.72. The first-order valence-corrected chi connectivity index (χ1v) is 6.94. The number of hydrogen-bond acceptors (Lipinski definition) is 3. The van der Waals surface area contributed by atoms with Crippen molar-refractivity contribution in [1.29, 1.82) is 0 Å². The zero-order chi connectivity index (χ0) is 15.9. The van der Waals surface area contributed by atoms with Crippen LogP contribution in [0.2, 0.25) is 5.02 Å². The van der Waals surface area contributed by atoms with Crippen molar-refractivity contribution in [2.24, 2.45) is 0 Å². The van der Waals surface area contributed by atoms with Crippen LogP contribution in [0.25, 0.3) is 0 Å². The monoisotopic (exact) mass is 324 g/mol. The summed E-state index contributed by atoms with van der Waals surface area (Å²) in [5.41, 5.74) is 0.255. The lowest BCUT2D eigenvalue weighted by atomic mass is 10.3. The van der Waals surface area contributed by atoms with E-state index in [0.717, 1.165) is 6.07 Å². The van der Waals surface area contributed by atoms with Gasteiger partial charge in [0.1, 0.15) is 5.82 Å². The van der Waals surface area contributed by atoms with Crippen LogP contribution in [0.5, 0.6) is 0 Å². The number of imidazole rings is 1. The third kappa shape index (κ3) is 4.56. The van der Waals surface area contributed by atoms with E-state index in [-0.39, 0.29) is 10.7 Å². The van der Waals surface area contributed by atoms with Crippen molar-refractivity contribution >= 4 is 29.1 Å². The highest BCUT2D eigenvalue weighted by atomic mass is 35.5. The van der Waals surface area contributed by atoms with Gasteiger partial charge in [-0.05, 0) is 24.6 Å². The van der Waals surface area contributed by atoms with Gasteiger partial charge in [-0.3, -0.25) is 9.59 Å². The van der Waals surface area contributed by atoms with Gasteiger partial charge in [0.15, 0.2) is 0 Å². The van der Waals surface area contributed by atoms with E-state index < -0.39 is 17.6 Å². The van der Waals surface area contributed by atoms with Gasteiger partial charge in [-0.1, -0.05) is 11.6 Å². The van der Waals surface area contributed by atoms with E-state index in [9.17, 15) is 14.0 Å². The molecule has 1 aromatic heterocycles. The van der Waals surface area contributed by atoms with Crippen molar-refractivity contribution in [1.82, 2.24) is 14.9 Å². The van der Waals surface area contributed by atoms with E-state index in [0.29, 0.717) is 19.5 Å². The minimum atomic E-state index is -0.828. The molecule has 0 saturated heterocycles. The first-order valence-electron chi connectivity index (χ1n) is 6.56. The summed E-state index contributed by atoms with van der Waals surface area (Å²) in [4.78, 5) is 27.2. The zero-order valence-electron chi connectivity index (χ0n) is 11.6. The summed E-state index contributed by atoms with van der Waals surface area (Å²) in [5, 5.41) is 4.72. The molecule has 0 aliphatic carbocycles. The number of halogens is 2. The van der Waals surface area contributed by atoms with Crippen molar-refractivity contribution in [3.8, 4) is 0 Å². The number of benzene rings is 1. The van der Waals surface area contributed by atoms with Gasteiger partial charge < -0.3 is 15.2 Å². The molecule has 1 aromatic carbocycles. The number of anilines is 1. The van der Waals surface area contributed by atoms with Crippen LogP contribution in [-0.2, 0) is 16.1 Å². The van der Waals surface area contributed by atoms with E-state index >= 15 is 0 Å². The molecule has 2 aromatic rings. The fourth-order valence-corrected chi connectivity index (χ4v) is 1.91. The lowest BCUT2D eigenvalue weighted by Gasteiger charge is -2.07. The van der Waals surface area contributed by atoms with Gasteiger partial charge in [0, 0.05) is 31.2 Å². The molecule has 0 aliphatic rings. The molecule has 0 atom stereocenters. The Morgan fingerprint density at radius 3 is 2.82 bits per heavy atom. The number of carbonyl (C=O) groups is 2. The largest absolute Gasteiger partial charge is 0.348 e. The summed E-state index contributed by atoms with van der Waals surface area (Å²) in [6, 6.07) is 3.67. The molecule has 0 saturated carbocycles. The highest BCUT2D eigenvalue weighted by molar-refractivity contribution is 6.39. The van der Waals surface area contributed by atoms with Gasteiger partial charge in [0.2, 0.25) is 0 Å². The molecular formula is C14H14ClFN4O2. The van der Waals surface area contributed by atoms with Crippen LogP contribution in [0.3, 0.4) is 0 Å². The minimum Gasteiger partial charge on any atom is -0.348 e. The first kappa shape index (κ1) is 16.0. The molecule has 116 valence electrons. The summed E-state index contributed by atoms with van der Waals surface area (Å²) in [5.74, 6) is -2.18. The summed E-state index contributed by atoms with van der Waals surface area (Å²) < 4.78 is 14.9. The lowest BCUT2D eigenvalue weighted by Crippen LogP contribution is -2.36. The summed E-state index contributed by atoms with van der Waals surface area (Å²) >= 11 is 5.59. The Labute approximate surface area is 131 Å². The molecule has 0 unspecified atom stereocenters. The minimum absolute atomic E-state index is 0.126. The predicted molar refractivity (Wildman–Crippen MR) is 79.9 cm³/mol. The zero-order valence-corrected chi connectivity index (χ0v) is 12.3. The fraction of sp³-hybridized carbons (Fsp3) is 0.214. The Balaban J connectivity index is 1.74. The number of carbonyl (C=O) groups excluding carboxylic acids is 2. The lowest BCUT2D eigenvalue weighted by molar-refractivity contribution is -0.136. The predicted octanol–water partition coefficient (Wildman–Crippen LogP) is 1.82. The highest BCUT2D eigenvalue weighted by Gasteiger charge is 2.13. The van der Waals surface area contributed by atoms with Gasteiger partial charge in [0.05, 0.1) is 11.3 Å². The van der Waals surface area contributed by atoms with Crippen molar-refractivity contribution < 1.29 is 14.0 Å². The highest BCUT2D eigenvalue weighted by Crippen LogP contribution is 2.19. The van der Waals surface area contributed by atoms with Gasteiger partial charge in [-0.25, -0.2) is 9.37 Å². The Morgan fingerprint density at radius 1 is 1.32 bits per heavy atom. The number of hydrogen-bond donors (Lipinski definition) is 2. The molecule has 8 heteroatoms. The maximum atomic E-state index is 13.0. The Kier molecular flexibility index (Phi) is 5.48. The molecule has 0 fully saturated rings. The Morgan fingerprint density at radius 2 is 2.14 bits per heavy atom. The molecular weight excluding hydrogens is 311 g/mol. The molecule has 2 N–H and O–H groups in total. The number of amides is 2. The van der Waals surface area contributed by atoms with Crippen LogP contribution >= 0.6 is 11.6 Å². The van der Waals surface area contributed by atoms with Gasteiger partial charge >= 0.3 is 11.8 Å². The van der Waals surface area contributed by atoms with E-state index in [1.54, 1.807) is 12.5 Å². The maximum absolute atomic E-state index is 13.0. The van der Waals surface area contributed by atoms with Crippen LogP contribution < -0.4 is 10.6 Å². The van der Waals surface area contributed by atoms with Crippen LogP contribution in [0, 0.1) is 5.82 Å². The molecule has 0 bridgehead atoms. The summed E-state index contributed by atoms with van der Waals surface area (Å²) in [7, 11) is 0. The van der Waals surface area contributed by atoms with Crippen molar-refractivity contribution in [3.05, 3.63) is 47.8 Å². The van der Waals surface area contributed by atoms with Crippen LogP contribution in [0.4, 0.5) is 10.1 Å². The third-order valence-corrected chi connectivity index (χ3v) is 3.11. The number of nitrogens with zero attached hydrogens (tertiary/aromatic N) is 2. The average molecular weight is 325 g/mol. The molecule has 6 nitrogen and oxygen atoms in total. The molecule has 1 heterocycles. The number of nitrogens with one attached hydrogen (secondary N) is 2. The molecule has 0 aliphatic heterocycles. The number of rotatable bonds is 5. The summed E-state index contributed by atoms with van der Waals surface area (Å²) in [6.07, 6.45) is 5.82. The average Bonchev–Trinajstić information content (AvgIpc) is 3.00. The molecule has 2 amide bonds. The third-order valence-electron chi connectivity index (χ3n) is 2.82. The molecule has 22 heavy (non-hydrogen) atoms. The van der Waals surface area contributed by atoms with E-state index in [1.807, 2.05) is 10.8 Å². The van der Waals surface area contributed by atoms with Crippen LogP contribution in [0.1, 0.15) is 6.42 Å². The van der Waals surface area contributed by atoms with Crippen molar-refractivity contribution in [2.45, 2.75) is 13.0 Å². The second kappa shape index (κ2) is 7.56. The van der Waals surface area contributed by atoms with Crippen LogP contribution in [0.15, 0.2) is 36.9 Å². The van der Waals surface area contributed by atoms with Gasteiger partial charge in [-0.15, -0.1) is 0 Å². The van der Waals surface area contributed by atoms with E-state index in [1.165, 1.54) is 12.1 Å². The smallest absolute Gasteiger partial charge is 0.313 e. The van der Waals surface area contributed by atoms with E-state index in [4.69, 9.17) is 11.6 Å². The molecule has 2 rings (SSSR count). The molecule has 0 radical (unpaired) electrons. The van der Waals surface area contributed by atoms with Gasteiger partial charge in [-0.2, -0.15) is 0 Å². The van der Waals surface area contributed by atoms with Crippen molar-refractivity contribution in [3.63, 3.8) is 0 Å². The van der Waals surface area contributed by atoms with Crippen LogP contribution in [-0.4, -0.2) is 27.9 Å². The van der Waals surface area contributed by atoms with E-state index in [2.05, 4.69) is 15.6 Å². The normalized spacial score (nSPS) is 10.3. The standard InChI is InChI=1S/C14H14ClFN4O2/c15-11-8-10(2-3-12(11)16)19-14(22)13(21)18-4-1-6-20-7-5-17-9-20/h2-3,5,7-9H,1,4,6H2,(H,18,21)(H,19,22). The maximum Gasteiger partial charge on any atom is 0.313 e. The topological polar surface area (TPSA) is 76.0 Å². The summed E-state index contributed by atoms with van der Waals surface area (Å²) in [6.45, 7) is 1.05. The van der Waals surface area contributed by atoms with Gasteiger partial charge in [0.25, 0.3) is 0 Å². The number of aryl methyl sites for hydroxylation is 1. The molecule has 0 spiro atoms. The SMILES string of the molecule is O=C(NCCCn1ccnc1)C(=O)Nc1ccc(F)c(Cl)c1. The van der Waals surface area contributed by atoms with Crippen molar-refractivity contribution in [2.75, 3.05) is 11.9 Å². The first-order chi connectivity index (χ1) is 10.6. The Bertz CT molecular complexity index is 661. The second-order valence-electron chi connectivity index (χ2n) is 4.49. The number of aromatic nitrogens is 2. The Hall–Kier alpha value is -2.41.